The Bertz CT molecular complexity index is 973. The highest BCUT2D eigenvalue weighted by Gasteiger charge is 2.26. The van der Waals surface area contributed by atoms with Crippen molar-refractivity contribution in [3.05, 3.63) is 108 Å². The minimum atomic E-state index is -2.83. The second-order valence-corrected chi connectivity index (χ2v) is 8.35. The van der Waals surface area contributed by atoms with Crippen molar-refractivity contribution in [1.82, 2.24) is 5.09 Å². The number of carbonyl (C=O) groups excluding carboxylic acids is 2. The zero-order valence-corrected chi connectivity index (χ0v) is 19.0. The lowest BCUT2D eigenvalue weighted by molar-refractivity contribution is -0.153. The van der Waals surface area contributed by atoms with Gasteiger partial charge in [0.15, 0.2) is 0 Å². The second-order valence-electron chi connectivity index (χ2n) is 7.20. The van der Waals surface area contributed by atoms with Crippen LogP contribution in [0.25, 0.3) is 0 Å². The first-order chi connectivity index (χ1) is 16.1. The van der Waals surface area contributed by atoms with E-state index in [0.717, 1.165) is 16.7 Å². The lowest BCUT2D eigenvalue weighted by Crippen LogP contribution is -2.36. The molecule has 2 atom stereocenters. The maximum Gasteiger partial charge on any atom is 0.324 e. The molecule has 172 valence electrons. The van der Waals surface area contributed by atoms with Gasteiger partial charge in [0.05, 0.1) is 13.0 Å². The van der Waals surface area contributed by atoms with Crippen LogP contribution >= 0.6 is 8.18 Å². The molecule has 0 radical (unpaired) electrons. The van der Waals surface area contributed by atoms with Crippen LogP contribution in [-0.2, 0) is 48.0 Å². The SMILES string of the molecule is O=C(C[C@H](N[PH](=O)OCc1ccccc1)C(=O)OCc1ccccc1)OCc1ccccc1. The van der Waals surface area contributed by atoms with Gasteiger partial charge < -0.3 is 14.0 Å². The number of carbonyl (C=O) groups is 2. The van der Waals surface area contributed by atoms with E-state index in [4.69, 9.17) is 14.0 Å². The van der Waals surface area contributed by atoms with Crippen molar-refractivity contribution >= 4 is 20.1 Å². The van der Waals surface area contributed by atoms with Crippen LogP contribution in [0.2, 0.25) is 0 Å². The summed E-state index contributed by atoms with van der Waals surface area (Å²) in [5.74, 6) is -1.33. The molecule has 1 unspecified atom stereocenters. The molecule has 0 amide bonds. The first-order valence-corrected chi connectivity index (χ1v) is 11.8. The molecule has 0 aromatic heterocycles. The average molecular weight is 467 g/mol. The summed E-state index contributed by atoms with van der Waals surface area (Å²) in [5.41, 5.74) is 2.45. The van der Waals surface area contributed by atoms with Gasteiger partial charge in [-0.1, -0.05) is 91.0 Å². The molecule has 7 nitrogen and oxygen atoms in total. The molecule has 0 spiro atoms. The Morgan fingerprint density at radius 1 is 0.697 bits per heavy atom. The number of ether oxygens (including phenoxy) is 2. The van der Waals surface area contributed by atoms with Gasteiger partial charge in [0.2, 0.25) is 0 Å². The molecule has 0 fully saturated rings. The lowest BCUT2D eigenvalue weighted by atomic mass is 10.2. The Balaban J connectivity index is 1.56. The van der Waals surface area contributed by atoms with Crippen molar-refractivity contribution in [3.8, 4) is 0 Å². The minimum Gasteiger partial charge on any atom is -0.461 e. The maximum absolute atomic E-state index is 12.7. The van der Waals surface area contributed by atoms with Gasteiger partial charge in [-0.25, -0.2) is 5.09 Å². The summed E-state index contributed by atoms with van der Waals surface area (Å²) in [6, 6.07) is 26.4. The molecule has 1 N–H and O–H groups in total. The molecule has 33 heavy (non-hydrogen) atoms. The number of hydrogen-bond donors (Lipinski definition) is 1. The molecule has 3 rings (SSSR count). The third kappa shape index (κ3) is 9.02. The summed E-state index contributed by atoms with van der Waals surface area (Å²) in [6.45, 7) is 0.212. The summed E-state index contributed by atoms with van der Waals surface area (Å²) < 4.78 is 28.4. The van der Waals surface area contributed by atoms with Crippen molar-refractivity contribution in [1.29, 1.82) is 0 Å². The fourth-order valence-corrected chi connectivity index (χ4v) is 3.78. The van der Waals surface area contributed by atoms with E-state index in [1.165, 1.54) is 0 Å². The van der Waals surface area contributed by atoms with E-state index in [0.29, 0.717) is 0 Å². The molecule has 0 saturated carbocycles. The first kappa shape index (κ1) is 24.4. The summed E-state index contributed by atoms with van der Waals surface area (Å²) in [5, 5.41) is 2.60. The summed E-state index contributed by atoms with van der Waals surface area (Å²) in [7, 11) is -2.83. The quantitative estimate of drug-likeness (QED) is 0.311. The maximum atomic E-state index is 12.7. The van der Waals surface area contributed by atoms with Crippen molar-refractivity contribution in [2.75, 3.05) is 0 Å². The van der Waals surface area contributed by atoms with Crippen LogP contribution in [0.4, 0.5) is 0 Å². The fraction of sp³-hybridized carbons (Fsp3) is 0.200. The summed E-state index contributed by atoms with van der Waals surface area (Å²) in [4.78, 5) is 25.0. The molecule has 0 aliphatic rings. The predicted octanol–water partition coefficient (Wildman–Crippen LogP) is 4.43. The zero-order chi connectivity index (χ0) is 23.3. The smallest absolute Gasteiger partial charge is 0.324 e. The van der Waals surface area contributed by atoms with Gasteiger partial charge in [0.25, 0.3) is 8.18 Å². The molecule has 3 aromatic rings. The van der Waals surface area contributed by atoms with E-state index >= 15 is 0 Å². The Kier molecular flexibility index (Phi) is 9.86. The van der Waals surface area contributed by atoms with Crippen molar-refractivity contribution in [2.24, 2.45) is 0 Å². The van der Waals surface area contributed by atoms with E-state index < -0.39 is 26.2 Å². The first-order valence-electron chi connectivity index (χ1n) is 10.5. The number of esters is 2. The lowest BCUT2D eigenvalue weighted by Gasteiger charge is -2.17. The Morgan fingerprint density at radius 3 is 1.67 bits per heavy atom. The van der Waals surface area contributed by atoms with E-state index in [1.54, 1.807) is 0 Å². The highest BCUT2D eigenvalue weighted by molar-refractivity contribution is 7.36. The van der Waals surface area contributed by atoms with E-state index in [1.807, 2.05) is 91.0 Å². The molecular weight excluding hydrogens is 441 g/mol. The van der Waals surface area contributed by atoms with Crippen molar-refractivity contribution in [3.63, 3.8) is 0 Å². The Hall–Kier alpha value is -3.25. The average Bonchev–Trinajstić information content (AvgIpc) is 2.86. The van der Waals surface area contributed by atoms with Crippen LogP contribution in [0.3, 0.4) is 0 Å². The molecule has 0 heterocycles. The third-order valence-corrected chi connectivity index (χ3v) is 5.62. The van der Waals surface area contributed by atoms with Gasteiger partial charge >= 0.3 is 11.9 Å². The van der Waals surface area contributed by atoms with Crippen LogP contribution in [-0.4, -0.2) is 18.0 Å². The molecule has 0 aliphatic heterocycles. The standard InChI is InChI=1S/C25H26NO6P/c27-24(30-17-20-10-4-1-5-11-20)16-23(25(28)31-18-21-12-6-2-7-13-21)26-33(29)32-19-22-14-8-3-9-15-22/h1-15,23,33H,16-19H2,(H,26,29)/t23-/m0/s1. The van der Waals surface area contributed by atoms with Gasteiger partial charge in [0.1, 0.15) is 19.3 Å². The highest BCUT2D eigenvalue weighted by atomic mass is 31.1. The van der Waals surface area contributed by atoms with E-state index in [-0.39, 0.29) is 26.2 Å². The van der Waals surface area contributed by atoms with Gasteiger partial charge in [-0.05, 0) is 16.7 Å². The topological polar surface area (TPSA) is 90.9 Å². The van der Waals surface area contributed by atoms with Crippen LogP contribution in [0.15, 0.2) is 91.0 Å². The van der Waals surface area contributed by atoms with Gasteiger partial charge in [-0.2, -0.15) is 0 Å². The summed E-state index contributed by atoms with van der Waals surface area (Å²) in [6.07, 6.45) is -0.342. The van der Waals surface area contributed by atoms with Crippen molar-refractivity contribution in [2.45, 2.75) is 32.3 Å². The van der Waals surface area contributed by atoms with Gasteiger partial charge in [-0.3, -0.25) is 14.2 Å². The van der Waals surface area contributed by atoms with E-state index in [2.05, 4.69) is 5.09 Å². The Morgan fingerprint density at radius 2 is 1.15 bits per heavy atom. The monoisotopic (exact) mass is 467 g/mol. The van der Waals surface area contributed by atoms with Crippen LogP contribution in [0, 0.1) is 0 Å². The van der Waals surface area contributed by atoms with Gasteiger partial charge in [-0.15, -0.1) is 0 Å². The molecule has 3 aromatic carbocycles. The molecular formula is C25H26NO6P. The normalized spacial score (nSPS) is 12.5. The fourth-order valence-electron chi connectivity index (χ4n) is 2.89. The molecule has 0 aliphatic carbocycles. The minimum absolute atomic E-state index is 0.0305. The largest absolute Gasteiger partial charge is 0.461 e. The Labute approximate surface area is 193 Å². The molecule has 8 heteroatoms. The number of benzene rings is 3. The molecule has 0 bridgehead atoms. The second kappa shape index (κ2) is 13.3. The highest BCUT2D eigenvalue weighted by Crippen LogP contribution is 2.22. The van der Waals surface area contributed by atoms with Crippen molar-refractivity contribution < 1.29 is 28.2 Å². The number of nitrogens with one attached hydrogen (secondary N) is 1. The predicted molar refractivity (Wildman–Crippen MR) is 124 cm³/mol. The van der Waals surface area contributed by atoms with Crippen LogP contribution in [0.5, 0.6) is 0 Å². The van der Waals surface area contributed by atoms with Crippen LogP contribution in [0.1, 0.15) is 23.1 Å². The zero-order valence-electron chi connectivity index (χ0n) is 18.0. The number of hydrogen-bond acceptors (Lipinski definition) is 6. The van der Waals surface area contributed by atoms with E-state index in [9.17, 15) is 14.2 Å². The van der Waals surface area contributed by atoms with Crippen LogP contribution < -0.4 is 5.09 Å². The molecule has 0 saturated heterocycles. The number of rotatable bonds is 12. The summed E-state index contributed by atoms with van der Waals surface area (Å²) >= 11 is 0. The van der Waals surface area contributed by atoms with Gasteiger partial charge in [0, 0.05) is 0 Å². The third-order valence-electron chi connectivity index (χ3n) is 4.63.